The minimum Gasteiger partial charge on any atom is -0.310 e. The summed E-state index contributed by atoms with van der Waals surface area (Å²) in [5.41, 5.74) is 3.03. The van der Waals surface area contributed by atoms with Crippen LogP contribution in [0.2, 0.25) is 0 Å². The topological polar surface area (TPSA) is 12.0 Å². The highest BCUT2D eigenvalue weighted by Gasteiger charge is 2.26. The molecule has 0 amide bonds. The number of benzene rings is 1. The van der Waals surface area contributed by atoms with Gasteiger partial charge in [0.25, 0.3) is 0 Å². The molecule has 0 radical (unpaired) electrons. The zero-order valence-electron chi connectivity index (χ0n) is 12.4. The fourth-order valence-electron chi connectivity index (χ4n) is 3.49. The normalized spacial score (nSPS) is 31.4. The molecule has 1 N–H and O–H groups in total. The fraction of sp³-hybridized carbons (Fsp3) is 0.667. The summed E-state index contributed by atoms with van der Waals surface area (Å²) in [5.74, 6) is 2.57. The van der Waals surface area contributed by atoms with Crippen molar-refractivity contribution in [2.45, 2.75) is 64.5 Å². The van der Waals surface area contributed by atoms with E-state index in [2.05, 4.69) is 43.4 Å². The predicted octanol–water partition coefficient (Wildman–Crippen LogP) is 4.48. The summed E-state index contributed by atoms with van der Waals surface area (Å²) >= 11 is 0. The van der Waals surface area contributed by atoms with Gasteiger partial charge in [0, 0.05) is 12.6 Å². The Hall–Kier alpha value is -0.820. The minimum atomic E-state index is 0.716. The lowest BCUT2D eigenvalue weighted by Gasteiger charge is -2.34. The van der Waals surface area contributed by atoms with E-state index in [1.807, 2.05) is 0 Å². The van der Waals surface area contributed by atoms with E-state index in [0.29, 0.717) is 6.04 Å². The summed E-state index contributed by atoms with van der Waals surface area (Å²) in [5, 5.41) is 3.80. The van der Waals surface area contributed by atoms with Gasteiger partial charge in [0.1, 0.15) is 0 Å². The molecule has 3 unspecified atom stereocenters. The Morgan fingerprint density at radius 1 is 1.11 bits per heavy atom. The average Bonchev–Trinajstić information content (AvgIpc) is 3.25. The molecule has 0 spiro atoms. The average molecular weight is 257 g/mol. The van der Waals surface area contributed by atoms with Gasteiger partial charge in [0.2, 0.25) is 0 Å². The van der Waals surface area contributed by atoms with Crippen LogP contribution in [0.15, 0.2) is 24.3 Å². The van der Waals surface area contributed by atoms with Gasteiger partial charge in [-0.2, -0.15) is 0 Å². The molecule has 1 aromatic rings. The highest BCUT2D eigenvalue weighted by atomic mass is 14.9. The van der Waals surface area contributed by atoms with Crippen LogP contribution in [-0.2, 0) is 6.54 Å². The summed E-state index contributed by atoms with van der Waals surface area (Å²) in [7, 11) is 0. The van der Waals surface area contributed by atoms with Gasteiger partial charge in [-0.25, -0.2) is 0 Å². The molecule has 104 valence electrons. The van der Waals surface area contributed by atoms with Crippen molar-refractivity contribution in [3.05, 3.63) is 35.4 Å². The molecule has 1 aromatic carbocycles. The van der Waals surface area contributed by atoms with Crippen LogP contribution in [0.5, 0.6) is 0 Å². The Labute approximate surface area is 117 Å². The zero-order chi connectivity index (χ0) is 13.2. The van der Waals surface area contributed by atoms with Crippen LogP contribution < -0.4 is 5.32 Å². The maximum Gasteiger partial charge on any atom is 0.0208 e. The van der Waals surface area contributed by atoms with E-state index in [-0.39, 0.29) is 0 Å². The van der Waals surface area contributed by atoms with E-state index >= 15 is 0 Å². The largest absolute Gasteiger partial charge is 0.310 e. The van der Waals surface area contributed by atoms with Crippen molar-refractivity contribution < 1.29 is 0 Å². The SMILES string of the molecule is CC1CCCC(NCc2cccc(C3CC3)c2)C1C. The highest BCUT2D eigenvalue weighted by molar-refractivity contribution is 5.29. The first-order chi connectivity index (χ1) is 9.24. The van der Waals surface area contributed by atoms with Gasteiger partial charge >= 0.3 is 0 Å². The molecule has 0 aliphatic heterocycles. The Bertz CT molecular complexity index is 421. The summed E-state index contributed by atoms with van der Waals surface area (Å²) in [6.07, 6.45) is 6.96. The van der Waals surface area contributed by atoms with Crippen molar-refractivity contribution in [2.75, 3.05) is 0 Å². The first-order valence-corrected chi connectivity index (χ1v) is 8.06. The fourth-order valence-corrected chi connectivity index (χ4v) is 3.49. The third-order valence-electron chi connectivity index (χ3n) is 5.28. The lowest BCUT2D eigenvalue weighted by atomic mass is 9.78. The van der Waals surface area contributed by atoms with Crippen LogP contribution in [0.3, 0.4) is 0 Å². The first-order valence-electron chi connectivity index (χ1n) is 8.06. The highest BCUT2D eigenvalue weighted by Crippen LogP contribution is 2.40. The monoisotopic (exact) mass is 257 g/mol. The van der Waals surface area contributed by atoms with Crippen LogP contribution in [-0.4, -0.2) is 6.04 Å². The van der Waals surface area contributed by atoms with E-state index in [4.69, 9.17) is 0 Å². The predicted molar refractivity (Wildman–Crippen MR) is 81.2 cm³/mol. The lowest BCUT2D eigenvalue weighted by molar-refractivity contribution is 0.206. The molecule has 1 heteroatoms. The molecule has 3 rings (SSSR count). The van der Waals surface area contributed by atoms with Crippen LogP contribution in [0.4, 0.5) is 0 Å². The molecule has 2 fully saturated rings. The molecule has 3 atom stereocenters. The number of nitrogens with one attached hydrogen (secondary N) is 1. The molecule has 2 aliphatic rings. The lowest BCUT2D eigenvalue weighted by Crippen LogP contribution is -2.40. The van der Waals surface area contributed by atoms with Crippen molar-refractivity contribution in [1.29, 1.82) is 0 Å². The molecule has 19 heavy (non-hydrogen) atoms. The maximum atomic E-state index is 3.80. The van der Waals surface area contributed by atoms with Crippen molar-refractivity contribution >= 4 is 0 Å². The van der Waals surface area contributed by atoms with Gasteiger partial charge in [-0.05, 0) is 48.1 Å². The quantitative estimate of drug-likeness (QED) is 0.838. The smallest absolute Gasteiger partial charge is 0.0208 e. The van der Waals surface area contributed by atoms with E-state index in [1.54, 1.807) is 5.56 Å². The maximum absolute atomic E-state index is 3.80. The number of hydrogen-bond donors (Lipinski definition) is 1. The molecule has 0 heterocycles. The van der Waals surface area contributed by atoms with Gasteiger partial charge in [-0.15, -0.1) is 0 Å². The Morgan fingerprint density at radius 3 is 2.74 bits per heavy atom. The molecule has 0 aromatic heterocycles. The number of rotatable bonds is 4. The van der Waals surface area contributed by atoms with Crippen molar-refractivity contribution in [1.82, 2.24) is 5.32 Å². The molecule has 0 bridgehead atoms. The third kappa shape index (κ3) is 3.20. The Morgan fingerprint density at radius 2 is 1.95 bits per heavy atom. The summed E-state index contributed by atoms with van der Waals surface area (Å²) < 4.78 is 0. The van der Waals surface area contributed by atoms with E-state index < -0.39 is 0 Å². The van der Waals surface area contributed by atoms with Crippen LogP contribution in [0.25, 0.3) is 0 Å². The second kappa shape index (κ2) is 5.66. The molecule has 0 saturated heterocycles. The summed E-state index contributed by atoms with van der Waals surface area (Å²) in [6.45, 7) is 5.87. The Kier molecular flexibility index (Phi) is 3.93. The molecular weight excluding hydrogens is 230 g/mol. The molecular formula is C18H27N. The first kappa shape index (κ1) is 13.2. The molecule has 2 aliphatic carbocycles. The van der Waals surface area contributed by atoms with Crippen molar-refractivity contribution in [2.24, 2.45) is 11.8 Å². The van der Waals surface area contributed by atoms with Crippen LogP contribution in [0.1, 0.15) is 63.0 Å². The summed E-state index contributed by atoms with van der Waals surface area (Å²) in [4.78, 5) is 0. The third-order valence-corrected chi connectivity index (χ3v) is 5.28. The second-order valence-electron chi connectivity index (χ2n) is 6.77. The number of hydrogen-bond acceptors (Lipinski definition) is 1. The van der Waals surface area contributed by atoms with E-state index in [1.165, 1.54) is 37.7 Å². The van der Waals surface area contributed by atoms with Crippen molar-refractivity contribution in [3.63, 3.8) is 0 Å². The van der Waals surface area contributed by atoms with Gasteiger partial charge in [0.15, 0.2) is 0 Å². The molecule has 1 nitrogen and oxygen atoms in total. The van der Waals surface area contributed by atoms with Crippen LogP contribution in [0, 0.1) is 11.8 Å². The minimum absolute atomic E-state index is 0.716. The van der Waals surface area contributed by atoms with E-state index in [0.717, 1.165) is 24.3 Å². The zero-order valence-corrected chi connectivity index (χ0v) is 12.4. The van der Waals surface area contributed by atoms with Crippen molar-refractivity contribution in [3.8, 4) is 0 Å². The Balaban J connectivity index is 1.57. The van der Waals surface area contributed by atoms with Gasteiger partial charge < -0.3 is 5.32 Å². The molecule has 2 saturated carbocycles. The van der Waals surface area contributed by atoms with Crippen LogP contribution >= 0.6 is 0 Å². The van der Waals surface area contributed by atoms with Gasteiger partial charge in [-0.3, -0.25) is 0 Å². The van der Waals surface area contributed by atoms with Gasteiger partial charge in [0.05, 0.1) is 0 Å². The second-order valence-corrected chi connectivity index (χ2v) is 6.77. The standard InChI is InChI=1S/C18H27N/c1-13-5-3-8-18(14(13)2)19-12-15-6-4-7-17(11-15)16-9-10-16/h4,6-7,11,13-14,16,18-19H,3,5,8-10,12H2,1-2H3. The van der Waals surface area contributed by atoms with Gasteiger partial charge in [-0.1, -0.05) is 51.0 Å². The summed E-state index contributed by atoms with van der Waals surface area (Å²) in [6, 6.07) is 9.94. The van der Waals surface area contributed by atoms with E-state index in [9.17, 15) is 0 Å².